The minimum absolute atomic E-state index is 0.0588. The van der Waals surface area contributed by atoms with Gasteiger partial charge in [0.25, 0.3) is 0 Å². The Labute approximate surface area is 154 Å². The van der Waals surface area contributed by atoms with Gasteiger partial charge in [0.05, 0.1) is 4.90 Å². The zero-order valence-corrected chi connectivity index (χ0v) is 16.9. The number of benzene rings is 1. The summed E-state index contributed by atoms with van der Waals surface area (Å²) in [5, 5.41) is 0. The summed E-state index contributed by atoms with van der Waals surface area (Å²) in [7, 11) is -3.45. The minimum Gasteiger partial charge on any atom is -0.208 e. The number of aryl methyl sites for hydroxylation is 1. The molecule has 1 N–H and O–H groups in total. The van der Waals surface area contributed by atoms with E-state index in [1.165, 1.54) is 38.5 Å². The van der Waals surface area contributed by atoms with Crippen molar-refractivity contribution in [3.05, 3.63) is 29.8 Å². The average molecular weight is 366 g/mol. The van der Waals surface area contributed by atoms with Crippen LogP contribution in [0.25, 0.3) is 0 Å². The molecule has 25 heavy (non-hydrogen) atoms. The van der Waals surface area contributed by atoms with E-state index in [1.807, 2.05) is 19.1 Å². The molecule has 1 saturated carbocycles. The topological polar surface area (TPSA) is 46.2 Å². The molecular formula is C21H35NO2S. The van der Waals surface area contributed by atoms with E-state index >= 15 is 0 Å². The van der Waals surface area contributed by atoms with Gasteiger partial charge in [-0.3, -0.25) is 0 Å². The molecule has 1 aliphatic carbocycles. The maximum absolute atomic E-state index is 12.9. The summed E-state index contributed by atoms with van der Waals surface area (Å²) in [6, 6.07) is 7.24. The van der Waals surface area contributed by atoms with E-state index in [0.29, 0.717) is 16.7 Å². The fourth-order valence-corrected chi connectivity index (χ4v) is 5.44. The smallest absolute Gasteiger partial charge is 0.208 e. The lowest BCUT2D eigenvalue weighted by Crippen LogP contribution is -2.45. The zero-order valence-electron chi connectivity index (χ0n) is 16.1. The monoisotopic (exact) mass is 365 g/mol. The van der Waals surface area contributed by atoms with Crippen molar-refractivity contribution in [3.63, 3.8) is 0 Å². The molecule has 2 atom stereocenters. The van der Waals surface area contributed by atoms with E-state index in [2.05, 4.69) is 18.6 Å². The van der Waals surface area contributed by atoms with Gasteiger partial charge in [-0.05, 0) is 50.2 Å². The third kappa shape index (κ3) is 6.10. The maximum Gasteiger partial charge on any atom is 0.240 e. The highest BCUT2D eigenvalue weighted by molar-refractivity contribution is 7.89. The molecule has 142 valence electrons. The molecular weight excluding hydrogens is 330 g/mol. The molecule has 2 rings (SSSR count). The average Bonchev–Trinajstić information content (AvgIpc) is 2.61. The quantitative estimate of drug-likeness (QED) is 0.592. The lowest BCUT2D eigenvalue weighted by molar-refractivity contribution is 0.227. The van der Waals surface area contributed by atoms with E-state index in [0.717, 1.165) is 24.8 Å². The molecule has 0 spiro atoms. The van der Waals surface area contributed by atoms with Gasteiger partial charge < -0.3 is 0 Å². The molecule has 0 aliphatic heterocycles. The highest BCUT2D eigenvalue weighted by Crippen LogP contribution is 2.32. The maximum atomic E-state index is 12.9. The number of hydrogen-bond donors (Lipinski definition) is 1. The van der Waals surface area contributed by atoms with Crippen LogP contribution < -0.4 is 4.72 Å². The number of unbranched alkanes of at least 4 members (excludes halogenated alkanes) is 2. The SMILES string of the molecule is CCCCCC(C)C(NS(=O)(=O)c1ccc(C)cc1)C1CCCCC1. The Morgan fingerprint density at radius 3 is 2.32 bits per heavy atom. The first-order chi connectivity index (χ1) is 11.9. The lowest BCUT2D eigenvalue weighted by Gasteiger charge is -2.35. The number of sulfonamides is 1. The minimum atomic E-state index is -3.45. The molecule has 0 aromatic heterocycles. The summed E-state index contributed by atoms with van der Waals surface area (Å²) >= 11 is 0. The van der Waals surface area contributed by atoms with Crippen molar-refractivity contribution in [1.82, 2.24) is 4.72 Å². The van der Waals surface area contributed by atoms with Crippen LogP contribution in [-0.2, 0) is 10.0 Å². The summed E-state index contributed by atoms with van der Waals surface area (Å²) in [5.41, 5.74) is 1.08. The van der Waals surface area contributed by atoms with Crippen LogP contribution in [0.2, 0.25) is 0 Å². The van der Waals surface area contributed by atoms with Gasteiger partial charge >= 0.3 is 0 Å². The van der Waals surface area contributed by atoms with Crippen LogP contribution in [0, 0.1) is 18.8 Å². The molecule has 0 bridgehead atoms. The van der Waals surface area contributed by atoms with Crippen LogP contribution in [0.1, 0.15) is 77.2 Å². The normalized spacial score (nSPS) is 18.8. The Balaban J connectivity index is 2.14. The number of rotatable bonds is 9. The summed E-state index contributed by atoms with van der Waals surface area (Å²) in [6.07, 6.45) is 10.8. The van der Waals surface area contributed by atoms with Crippen LogP contribution in [0.3, 0.4) is 0 Å². The molecule has 0 saturated heterocycles. The van der Waals surface area contributed by atoms with Gasteiger partial charge in [0.15, 0.2) is 0 Å². The summed E-state index contributed by atoms with van der Waals surface area (Å²) in [6.45, 7) is 6.42. The van der Waals surface area contributed by atoms with Crippen LogP contribution in [-0.4, -0.2) is 14.5 Å². The van der Waals surface area contributed by atoms with Crippen molar-refractivity contribution >= 4 is 10.0 Å². The third-order valence-electron chi connectivity index (χ3n) is 5.66. The number of hydrogen-bond acceptors (Lipinski definition) is 2. The second kappa shape index (κ2) is 9.72. The van der Waals surface area contributed by atoms with Gasteiger partial charge in [-0.2, -0.15) is 0 Å². The molecule has 0 amide bonds. The molecule has 1 aromatic carbocycles. The fourth-order valence-electron chi connectivity index (χ4n) is 4.03. The lowest BCUT2D eigenvalue weighted by atomic mass is 9.78. The predicted octanol–water partition coefficient (Wildman–Crippen LogP) is 5.44. The van der Waals surface area contributed by atoms with Crippen molar-refractivity contribution in [3.8, 4) is 0 Å². The van der Waals surface area contributed by atoms with Crippen LogP contribution in [0.4, 0.5) is 0 Å². The second-order valence-electron chi connectivity index (χ2n) is 7.83. The molecule has 0 radical (unpaired) electrons. The molecule has 0 heterocycles. The Morgan fingerprint density at radius 2 is 1.72 bits per heavy atom. The van der Waals surface area contributed by atoms with E-state index in [1.54, 1.807) is 12.1 Å². The Bertz CT molecular complexity index is 603. The van der Waals surface area contributed by atoms with Gasteiger partial charge in [-0.1, -0.05) is 70.1 Å². The van der Waals surface area contributed by atoms with E-state index in [4.69, 9.17) is 0 Å². The van der Waals surface area contributed by atoms with Gasteiger partial charge in [0, 0.05) is 6.04 Å². The van der Waals surface area contributed by atoms with Gasteiger partial charge in [-0.15, -0.1) is 0 Å². The van der Waals surface area contributed by atoms with Crippen molar-refractivity contribution < 1.29 is 8.42 Å². The van der Waals surface area contributed by atoms with E-state index in [9.17, 15) is 8.42 Å². The Hall–Kier alpha value is -0.870. The molecule has 3 nitrogen and oxygen atoms in total. The number of nitrogens with one attached hydrogen (secondary N) is 1. The highest BCUT2D eigenvalue weighted by atomic mass is 32.2. The van der Waals surface area contributed by atoms with Crippen LogP contribution in [0.5, 0.6) is 0 Å². The van der Waals surface area contributed by atoms with Crippen molar-refractivity contribution in [2.75, 3.05) is 0 Å². The van der Waals surface area contributed by atoms with Crippen LogP contribution >= 0.6 is 0 Å². The van der Waals surface area contributed by atoms with Crippen molar-refractivity contribution in [2.24, 2.45) is 11.8 Å². The highest BCUT2D eigenvalue weighted by Gasteiger charge is 2.31. The molecule has 1 aliphatic rings. The van der Waals surface area contributed by atoms with Gasteiger partial charge in [-0.25, -0.2) is 13.1 Å². The first-order valence-corrected chi connectivity index (χ1v) is 11.5. The third-order valence-corrected chi connectivity index (χ3v) is 7.13. The van der Waals surface area contributed by atoms with Crippen molar-refractivity contribution in [2.45, 2.75) is 89.5 Å². The Morgan fingerprint density at radius 1 is 1.08 bits per heavy atom. The van der Waals surface area contributed by atoms with E-state index < -0.39 is 10.0 Å². The first-order valence-electron chi connectivity index (χ1n) is 10.0. The first kappa shape index (κ1) is 20.4. The summed E-state index contributed by atoms with van der Waals surface area (Å²) in [5.74, 6) is 0.862. The summed E-state index contributed by atoms with van der Waals surface area (Å²) in [4.78, 5) is 0.389. The standard InChI is InChI=1S/C21H35NO2S/c1-4-5-7-10-18(3)21(19-11-8-6-9-12-19)22-25(23,24)20-15-13-17(2)14-16-20/h13-16,18-19,21-22H,4-12H2,1-3H3. The molecule has 4 heteroatoms. The van der Waals surface area contributed by atoms with Gasteiger partial charge in [0.2, 0.25) is 10.0 Å². The van der Waals surface area contributed by atoms with Gasteiger partial charge in [0.1, 0.15) is 0 Å². The molecule has 1 fully saturated rings. The molecule has 2 unspecified atom stereocenters. The second-order valence-corrected chi connectivity index (χ2v) is 9.55. The molecule has 1 aromatic rings. The Kier molecular flexibility index (Phi) is 7.95. The van der Waals surface area contributed by atoms with Crippen LogP contribution in [0.15, 0.2) is 29.2 Å². The van der Waals surface area contributed by atoms with Crippen molar-refractivity contribution in [1.29, 1.82) is 0 Å². The fraction of sp³-hybridized carbons (Fsp3) is 0.714. The zero-order chi connectivity index (χ0) is 18.3. The largest absolute Gasteiger partial charge is 0.240 e. The van der Waals surface area contributed by atoms with E-state index in [-0.39, 0.29) is 6.04 Å². The predicted molar refractivity (Wildman–Crippen MR) is 105 cm³/mol. The summed E-state index contributed by atoms with van der Waals surface area (Å²) < 4.78 is 28.9.